The van der Waals surface area contributed by atoms with E-state index in [9.17, 15) is 9.90 Å². The van der Waals surface area contributed by atoms with Crippen LogP contribution in [0.2, 0.25) is 0 Å². The van der Waals surface area contributed by atoms with Gasteiger partial charge in [0, 0.05) is 24.1 Å². The highest BCUT2D eigenvalue weighted by Crippen LogP contribution is 2.25. The summed E-state index contributed by atoms with van der Waals surface area (Å²) < 4.78 is 10.8. The van der Waals surface area contributed by atoms with Crippen LogP contribution < -0.4 is 10.9 Å². The van der Waals surface area contributed by atoms with Crippen molar-refractivity contribution in [3.8, 4) is 5.75 Å². The molecule has 0 aliphatic heterocycles. The largest absolute Gasteiger partial charge is 0.508 e. The quantitative estimate of drug-likeness (QED) is 0.534. The van der Waals surface area contributed by atoms with Gasteiger partial charge in [0.15, 0.2) is 0 Å². The molecule has 0 radical (unpaired) electrons. The van der Waals surface area contributed by atoms with Crippen molar-refractivity contribution in [1.29, 1.82) is 0 Å². The van der Waals surface area contributed by atoms with Crippen molar-refractivity contribution in [3.63, 3.8) is 0 Å². The van der Waals surface area contributed by atoms with Crippen LogP contribution >= 0.6 is 0 Å². The van der Waals surface area contributed by atoms with Gasteiger partial charge in [0.05, 0.1) is 12.3 Å². The molecule has 0 bridgehead atoms. The topological polar surface area (TPSA) is 75.6 Å². The SMILES string of the molecule is O=c1cc(CN[C@@H](c2ccccc2)c2ccco2)c2ccc(O)cc2o1. The van der Waals surface area contributed by atoms with Crippen LogP contribution in [0.1, 0.15) is 22.9 Å². The van der Waals surface area contributed by atoms with E-state index in [0.29, 0.717) is 12.1 Å². The Bertz CT molecular complexity index is 1070. The molecule has 2 aromatic carbocycles. The van der Waals surface area contributed by atoms with Crippen LogP contribution in [-0.2, 0) is 6.54 Å². The van der Waals surface area contributed by atoms with Crippen LogP contribution in [0.4, 0.5) is 0 Å². The van der Waals surface area contributed by atoms with Gasteiger partial charge < -0.3 is 13.9 Å². The maximum atomic E-state index is 11.9. The van der Waals surface area contributed by atoms with Gasteiger partial charge in [-0.1, -0.05) is 30.3 Å². The Morgan fingerprint density at radius 3 is 2.62 bits per heavy atom. The zero-order valence-electron chi connectivity index (χ0n) is 13.9. The first-order valence-corrected chi connectivity index (χ1v) is 8.28. The molecule has 1 atom stereocenters. The minimum atomic E-state index is -0.450. The minimum absolute atomic E-state index is 0.0588. The predicted octanol–water partition coefficient (Wildman–Crippen LogP) is 3.97. The van der Waals surface area contributed by atoms with Crippen molar-refractivity contribution in [2.75, 3.05) is 0 Å². The lowest BCUT2D eigenvalue weighted by atomic mass is 10.0. The number of hydrogen-bond acceptors (Lipinski definition) is 5. The Hall–Kier alpha value is -3.31. The number of furan rings is 1. The van der Waals surface area contributed by atoms with E-state index in [0.717, 1.165) is 22.3 Å². The fourth-order valence-corrected chi connectivity index (χ4v) is 3.06. The highest BCUT2D eigenvalue weighted by atomic mass is 16.4. The molecule has 2 heterocycles. The first kappa shape index (κ1) is 16.2. The Morgan fingerprint density at radius 2 is 1.85 bits per heavy atom. The van der Waals surface area contributed by atoms with E-state index in [2.05, 4.69) is 5.32 Å². The third-order valence-electron chi connectivity index (χ3n) is 4.27. The molecule has 130 valence electrons. The number of phenols is 1. The van der Waals surface area contributed by atoms with Crippen LogP contribution in [0.15, 0.2) is 86.6 Å². The lowest BCUT2D eigenvalue weighted by Crippen LogP contribution is -2.22. The summed E-state index contributed by atoms with van der Waals surface area (Å²) in [4.78, 5) is 11.9. The molecule has 26 heavy (non-hydrogen) atoms. The van der Waals surface area contributed by atoms with E-state index in [1.54, 1.807) is 18.4 Å². The molecule has 0 unspecified atom stereocenters. The first-order chi connectivity index (χ1) is 12.7. The second-order valence-corrected chi connectivity index (χ2v) is 6.01. The third kappa shape index (κ3) is 3.25. The van der Waals surface area contributed by atoms with E-state index in [1.807, 2.05) is 42.5 Å². The van der Waals surface area contributed by atoms with Gasteiger partial charge in [-0.15, -0.1) is 0 Å². The second-order valence-electron chi connectivity index (χ2n) is 6.01. The molecule has 0 aliphatic carbocycles. The van der Waals surface area contributed by atoms with E-state index in [4.69, 9.17) is 8.83 Å². The molecule has 2 N–H and O–H groups in total. The van der Waals surface area contributed by atoms with Crippen molar-refractivity contribution in [3.05, 3.63) is 100 Å². The normalized spacial score (nSPS) is 12.3. The molecule has 0 spiro atoms. The summed E-state index contributed by atoms with van der Waals surface area (Å²) in [5.41, 5.74) is 1.77. The lowest BCUT2D eigenvalue weighted by molar-refractivity contribution is 0.445. The third-order valence-corrected chi connectivity index (χ3v) is 4.27. The van der Waals surface area contributed by atoms with Crippen LogP contribution in [0.3, 0.4) is 0 Å². The maximum absolute atomic E-state index is 11.9. The highest BCUT2D eigenvalue weighted by Gasteiger charge is 2.17. The Balaban J connectivity index is 1.68. The van der Waals surface area contributed by atoms with Crippen molar-refractivity contribution < 1.29 is 13.9 Å². The van der Waals surface area contributed by atoms with Gasteiger partial charge in [-0.25, -0.2) is 4.79 Å². The van der Waals surface area contributed by atoms with Gasteiger partial charge in [0.25, 0.3) is 0 Å². The smallest absolute Gasteiger partial charge is 0.336 e. The maximum Gasteiger partial charge on any atom is 0.336 e. The van der Waals surface area contributed by atoms with Crippen LogP contribution in [-0.4, -0.2) is 5.11 Å². The van der Waals surface area contributed by atoms with Crippen molar-refractivity contribution in [2.45, 2.75) is 12.6 Å². The molecule has 0 aliphatic rings. The summed E-state index contributed by atoms with van der Waals surface area (Å²) >= 11 is 0. The molecule has 2 aromatic heterocycles. The van der Waals surface area contributed by atoms with E-state index < -0.39 is 5.63 Å². The molecule has 0 saturated heterocycles. The molecule has 0 amide bonds. The van der Waals surface area contributed by atoms with Gasteiger partial charge >= 0.3 is 5.63 Å². The molecule has 4 rings (SSSR count). The average Bonchev–Trinajstić information content (AvgIpc) is 3.16. The van der Waals surface area contributed by atoms with E-state index >= 15 is 0 Å². The highest BCUT2D eigenvalue weighted by molar-refractivity contribution is 5.81. The number of phenolic OH excluding ortho intramolecular Hbond substituents is 1. The fraction of sp³-hybridized carbons (Fsp3) is 0.0952. The summed E-state index contributed by atoms with van der Waals surface area (Å²) in [5, 5.41) is 13.8. The molecular weight excluding hydrogens is 330 g/mol. The monoisotopic (exact) mass is 347 g/mol. The van der Waals surface area contributed by atoms with Gasteiger partial charge in [-0.2, -0.15) is 0 Å². The van der Waals surface area contributed by atoms with Crippen molar-refractivity contribution in [1.82, 2.24) is 5.32 Å². The van der Waals surface area contributed by atoms with Crippen LogP contribution in [0.25, 0.3) is 11.0 Å². The number of rotatable bonds is 5. The number of aromatic hydroxyl groups is 1. The molecule has 0 saturated carbocycles. The molecule has 5 heteroatoms. The zero-order valence-corrected chi connectivity index (χ0v) is 13.9. The van der Waals surface area contributed by atoms with Gasteiger partial charge in [0.1, 0.15) is 17.1 Å². The fourth-order valence-electron chi connectivity index (χ4n) is 3.06. The van der Waals surface area contributed by atoms with Gasteiger partial charge in [-0.05, 0) is 35.4 Å². The second kappa shape index (κ2) is 6.90. The van der Waals surface area contributed by atoms with Crippen molar-refractivity contribution >= 4 is 11.0 Å². The summed E-state index contributed by atoms with van der Waals surface area (Å²) in [5.74, 6) is 0.852. The molecule has 0 fully saturated rings. The molecule has 4 aromatic rings. The van der Waals surface area contributed by atoms with Gasteiger partial charge in [0.2, 0.25) is 0 Å². The summed E-state index contributed by atoms with van der Waals surface area (Å²) in [6.45, 7) is 0.438. The number of benzene rings is 2. The lowest BCUT2D eigenvalue weighted by Gasteiger charge is -2.17. The van der Waals surface area contributed by atoms with Gasteiger partial charge in [-0.3, -0.25) is 5.32 Å². The molecule has 5 nitrogen and oxygen atoms in total. The summed E-state index contributed by atoms with van der Waals surface area (Å²) in [6, 6.07) is 19.8. The molecular formula is C21H17NO4. The Labute approximate surface area is 149 Å². The van der Waals surface area contributed by atoms with E-state index in [1.165, 1.54) is 12.1 Å². The first-order valence-electron chi connectivity index (χ1n) is 8.28. The Morgan fingerprint density at radius 1 is 1.00 bits per heavy atom. The minimum Gasteiger partial charge on any atom is -0.508 e. The summed E-state index contributed by atoms with van der Waals surface area (Å²) in [7, 11) is 0. The standard InChI is InChI=1S/C21H17NO4/c23-16-8-9-17-15(11-20(24)26-19(17)12-16)13-22-21(18-7-4-10-25-18)14-5-2-1-3-6-14/h1-12,21-23H,13H2/t21-/m0/s1. The predicted molar refractivity (Wildman–Crippen MR) is 98.0 cm³/mol. The zero-order chi connectivity index (χ0) is 17.9. The van der Waals surface area contributed by atoms with Crippen LogP contribution in [0.5, 0.6) is 5.75 Å². The Kier molecular flexibility index (Phi) is 4.29. The van der Waals surface area contributed by atoms with Crippen LogP contribution in [0, 0.1) is 0 Å². The average molecular weight is 347 g/mol. The number of fused-ring (bicyclic) bond motifs is 1. The number of nitrogens with one attached hydrogen (secondary N) is 1. The van der Waals surface area contributed by atoms with Crippen molar-refractivity contribution in [2.24, 2.45) is 0 Å². The van der Waals surface area contributed by atoms with E-state index in [-0.39, 0.29) is 11.8 Å². The summed E-state index contributed by atoms with van der Waals surface area (Å²) in [6.07, 6.45) is 1.64. The number of hydrogen-bond donors (Lipinski definition) is 2.